The lowest BCUT2D eigenvalue weighted by Crippen LogP contribution is -2.41. The highest BCUT2D eigenvalue weighted by atomic mass is 32.2. The van der Waals surface area contributed by atoms with Crippen molar-refractivity contribution in [3.8, 4) is 0 Å². The number of aryl methyl sites for hydroxylation is 1. The summed E-state index contributed by atoms with van der Waals surface area (Å²) in [5, 5.41) is 8.90. The van der Waals surface area contributed by atoms with E-state index in [-0.39, 0.29) is 30.1 Å². The van der Waals surface area contributed by atoms with Gasteiger partial charge in [0.15, 0.2) is 0 Å². The van der Waals surface area contributed by atoms with Crippen LogP contribution in [0, 0.1) is 6.92 Å². The van der Waals surface area contributed by atoms with Crippen molar-refractivity contribution < 1.29 is 27.9 Å². The molecule has 0 radical (unpaired) electrons. The van der Waals surface area contributed by atoms with Gasteiger partial charge in [0.1, 0.15) is 6.54 Å². The van der Waals surface area contributed by atoms with E-state index in [4.69, 9.17) is 9.84 Å². The lowest BCUT2D eigenvalue weighted by Gasteiger charge is -2.27. The van der Waals surface area contributed by atoms with Gasteiger partial charge in [0.05, 0.1) is 18.1 Å². The van der Waals surface area contributed by atoms with Gasteiger partial charge in [-0.25, -0.2) is 8.42 Å². The lowest BCUT2D eigenvalue weighted by atomic mass is 10.1. The minimum absolute atomic E-state index is 0.0617. The molecular formula is C16H22N2O6S. The van der Waals surface area contributed by atoms with Gasteiger partial charge in [-0.05, 0) is 31.5 Å². The third-order valence-corrected chi connectivity index (χ3v) is 6.06. The highest BCUT2D eigenvalue weighted by molar-refractivity contribution is 7.89. The van der Waals surface area contributed by atoms with Gasteiger partial charge >= 0.3 is 5.97 Å². The maximum absolute atomic E-state index is 12.9. The Morgan fingerprint density at radius 2 is 1.92 bits per heavy atom. The van der Waals surface area contributed by atoms with E-state index >= 15 is 0 Å². The van der Waals surface area contributed by atoms with Crippen molar-refractivity contribution in [2.45, 2.75) is 18.7 Å². The van der Waals surface area contributed by atoms with Gasteiger partial charge in [-0.1, -0.05) is 6.07 Å². The van der Waals surface area contributed by atoms with Gasteiger partial charge in [0, 0.05) is 25.2 Å². The summed E-state index contributed by atoms with van der Waals surface area (Å²) in [5.74, 6) is -1.63. The van der Waals surface area contributed by atoms with Crippen LogP contribution in [0.2, 0.25) is 0 Å². The summed E-state index contributed by atoms with van der Waals surface area (Å²) < 4.78 is 32.2. The fourth-order valence-corrected chi connectivity index (χ4v) is 4.27. The average Bonchev–Trinajstić information content (AvgIpc) is 2.60. The minimum atomic E-state index is -3.74. The molecule has 1 N–H and O–H groups in total. The Hall–Kier alpha value is -1.97. The SMILES string of the molecule is CCN(CC(=O)O)C(=O)c1ccc(C)c(S(=O)(=O)N2CCOCC2)c1. The number of hydrogen-bond donors (Lipinski definition) is 1. The molecule has 138 valence electrons. The summed E-state index contributed by atoms with van der Waals surface area (Å²) in [6, 6.07) is 4.41. The molecule has 1 aromatic rings. The maximum Gasteiger partial charge on any atom is 0.323 e. The molecule has 0 aliphatic carbocycles. The lowest BCUT2D eigenvalue weighted by molar-refractivity contribution is -0.137. The zero-order valence-corrected chi connectivity index (χ0v) is 15.1. The first-order chi connectivity index (χ1) is 11.8. The number of carboxylic acids is 1. The quantitative estimate of drug-likeness (QED) is 0.785. The fourth-order valence-electron chi connectivity index (χ4n) is 2.61. The van der Waals surface area contributed by atoms with Crippen molar-refractivity contribution in [2.75, 3.05) is 39.4 Å². The number of rotatable bonds is 6. The zero-order valence-electron chi connectivity index (χ0n) is 14.3. The molecule has 2 rings (SSSR count). The van der Waals surface area contributed by atoms with Crippen molar-refractivity contribution in [3.05, 3.63) is 29.3 Å². The number of carbonyl (C=O) groups excluding carboxylic acids is 1. The van der Waals surface area contributed by atoms with Crippen LogP contribution in [-0.2, 0) is 19.6 Å². The van der Waals surface area contributed by atoms with Crippen molar-refractivity contribution in [2.24, 2.45) is 0 Å². The fraction of sp³-hybridized carbons (Fsp3) is 0.500. The van der Waals surface area contributed by atoms with Gasteiger partial charge in [0.2, 0.25) is 10.0 Å². The minimum Gasteiger partial charge on any atom is -0.480 e. The van der Waals surface area contributed by atoms with Crippen LogP contribution in [0.1, 0.15) is 22.8 Å². The molecule has 0 saturated carbocycles. The van der Waals surface area contributed by atoms with E-state index in [0.29, 0.717) is 18.8 Å². The zero-order chi connectivity index (χ0) is 18.6. The predicted octanol–water partition coefficient (Wildman–Crippen LogP) is 0.563. The van der Waals surface area contributed by atoms with Gasteiger partial charge in [-0.3, -0.25) is 9.59 Å². The number of benzene rings is 1. The Kier molecular flexibility index (Phi) is 6.15. The van der Waals surface area contributed by atoms with E-state index < -0.39 is 28.4 Å². The van der Waals surface area contributed by atoms with Crippen LogP contribution in [0.4, 0.5) is 0 Å². The number of sulfonamides is 1. The molecule has 25 heavy (non-hydrogen) atoms. The number of hydrogen-bond acceptors (Lipinski definition) is 5. The molecule has 0 bridgehead atoms. The third kappa shape index (κ3) is 4.36. The highest BCUT2D eigenvalue weighted by Gasteiger charge is 2.29. The molecule has 0 atom stereocenters. The molecule has 1 saturated heterocycles. The Bertz CT molecular complexity index is 756. The topological polar surface area (TPSA) is 104 Å². The Morgan fingerprint density at radius 3 is 2.48 bits per heavy atom. The molecule has 1 heterocycles. The van der Waals surface area contributed by atoms with Crippen LogP contribution in [0.5, 0.6) is 0 Å². The van der Waals surface area contributed by atoms with Gasteiger partial charge in [0.25, 0.3) is 5.91 Å². The second kappa shape index (κ2) is 7.94. The monoisotopic (exact) mass is 370 g/mol. The van der Waals surface area contributed by atoms with Crippen LogP contribution in [0.3, 0.4) is 0 Å². The second-order valence-corrected chi connectivity index (χ2v) is 7.62. The second-order valence-electron chi connectivity index (χ2n) is 5.71. The summed E-state index contributed by atoms with van der Waals surface area (Å²) in [7, 11) is -3.74. The third-order valence-electron chi connectivity index (χ3n) is 4.02. The van der Waals surface area contributed by atoms with Crippen LogP contribution in [0.25, 0.3) is 0 Å². The molecule has 0 spiro atoms. The van der Waals surface area contributed by atoms with Crippen LogP contribution in [0.15, 0.2) is 23.1 Å². The number of amides is 1. The van der Waals surface area contributed by atoms with Gasteiger partial charge in [-0.15, -0.1) is 0 Å². The van der Waals surface area contributed by atoms with Crippen molar-refractivity contribution >= 4 is 21.9 Å². The summed E-state index contributed by atoms with van der Waals surface area (Å²) in [6.07, 6.45) is 0. The van der Waals surface area contributed by atoms with E-state index in [2.05, 4.69) is 0 Å². The molecule has 1 aliphatic heterocycles. The first-order valence-electron chi connectivity index (χ1n) is 7.97. The number of morpholine rings is 1. The normalized spacial score (nSPS) is 15.8. The van der Waals surface area contributed by atoms with Crippen LogP contribution >= 0.6 is 0 Å². The first kappa shape index (κ1) is 19.4. The number of carboxylic acid groups (broad SMARTS) is 1. The van der Waals surface area contributed by atoms with E-state index in [0.717, 1.165) is 4.90 Å². The van der Waals surface area contributed by atoms with E-state index in [9.17, 15) is 18.0 Å². The molecular weight excluding hydrogens is 348 g/mol. The molecule has 8 nitrogen and oxygen atoms in total. The maximum atomic E-state index is 12.9. The molecule has 0 unspecified atom stereocenters. The number of ether oxygens (including phenoxy) is 1. The molecule has 1 aliphatic rings. The van der Waals surface area contributed by atoms with Gasteiger partial charge in [-0.2, -0.15) is 4.31 Å². The molecule has 1 amide bonds. The van der Waals surface area contributed by atoms with E-state index in [1.165, 1.54) is 16.4 Å². The molecule has 9 heteroatoms. The Morgan fingerprint density at radius 1 is 1.28 bits per heavy atom. The van der Waals surface area contributed by atoms with Gasteiger partial charge < -0.3 is 14.7 Å². The number of carbonyl (C=O) groups is 2. The predicted molar refractivity (Wildman–Crippen MR) is 90.0 cm³/mol. The summed E-state index contributed by atoms with van der Waals surface area (Å²) in [6.45, 7) is 4.30. The highest BCUT2D eigenvalue weighted by Crippen LogP contribution is 2.23. The van der Waals surface area contributed by atoms with Crippen molar-refractivity contribution in [3.63, 3.8) is 0 Å². The summed E-state index contributed by atoms with van der Waals surface area (Å²) in [4.78, 5) is 24.6. The molecule has 1 fully saturated rings. The Labute approximate surface area is 147 Å². The largest absolute Gasteiger partial charge is 0.480 e. The molecule has 0 aromatic heterocycles. The summed E-state index contributed by atoms with van der Waals surface area (Å²) >= 11 is 0. The van der Waals surface area contributed by atoms with Crippen molar-refractivity contribution in [1.29, 1.82) is 0 Å². The van der Waals surface area contributed by atoms with Crippen LogP contribution < -0.4 is 0 Å². The Balaban J connectivity index is 2.36. The van der Waals surface area contributed by atoms with E-state index in [1.807, 2.05) is 0 Å². The number of nitrogens with zero attached hydrogens (tertiary/aromatic N) is 2. The van der Waals surface area contributed by atoms with E-state index in [1.54, 1.807) is 19.9 Å². The first-order valence-corrected chi connectivity index (χ1v) is 9.41. The van der Waals surface area contributed by atoms with Crippen molar-refractivity contribution in [1.82, 2.24) is 9.21 Å². The smallest absolute Gasteiger partial charge is 0.323 e. The standard InChI is InChI=1S/C16H22N2O6S/c1-3-17(11-15(19)20)16(21)13-5-4-12(2)14(10-13)25(22,23)18-6-8-24-9-7-18/h4-5,10H,3,6-9,11H2,1-2H3,(H,19,20). The van der Waals surface area contributed by atoms with Crippen LogP contribution in [-0.4, -0.2) is 74.0 Å². The number of aliphatic carboxylic acids is 1. The summed E-state index contributed by atoms with van der Waals surface area (Å²) in [5.41, 5.74) is 0.685. The number of likely N-dealkylation sites (N-methyl/N-ethyl adjacent to an activating group) is 1. The average molecular weight is 370 g/mol. The molecule has 1 aromatic carbocycles.